The molecule has 27 heavy (non-hydrogen) atoms. The number of carbonyl (C=O) groups excluding carboxylic acids is 2. The fourth-order valence-corrected chi connectivity index (χ4v) is 3.89. The Morgan fingerprint density at radius 3 is 2.63 bits per heavy atom. The van der Waals surface area contributed by atoms with Gasteiger partial charge in [0.2, 0.25) is 11.8 Å². The molecule has 140 valence electrons. The second-order valence-electron chi connectivity index (χ2n) is 7.21. The van der Waals surface area contributed by atoms with Gasteiger partial charge in [-0.05, 0) is 23.8 Å². The van der Waals surface area contributed by atoms with Crippen LogP contribution in [0.25, 0.3) is 0 Å². The van der Waals surface area contributed by atoms with Gasteiger partial charge in [-0.15, -0.1) is 0 Å². The van der Waals surface area contributed by atoms with Gasteiger partial charge < -0.3 is 14.5 Å². The molecule has 0 aliphatic carbocycles. The predicted molar refractivity (Wildman–Crippen MR) is 100 cm³/mol. The molecule has 0 bridgehead atoms. The summed E-state index contributed by atoms with van der Waals surface area (Å²) in [6.07, 6.45) is 3.86. The number of hydrogen-bond acceptors (Lipinski definition) is 4. The minimum absolute atomic E-state index is 0.0328. The number of ether oxygens (including phenoxy) is 1. The molecule has 1 aromatic heterocycles. The molecular formula is C21H23N3O3. The van der Waals surface area contributed by atoms with Gasteiger partial charge in [-0.1, -0.05) is 18.2 Å². The summed E-state index contributed by atoms with van der Waals surface area (Å²) in [6.45, 7) is 2.40. The van der Waals surface area contributed by atoms with E-state index in [1.165, 1.54) is 5.56 Å². The fourth-order valence-electron chi connectivity index (χ4n) is 3.89. The van der Waals surface area contributed by atoms with Crippen LogP contribution in [0.4, 0.5) is 0 Å². The van der Waals surface area contributed by atoms with Crippen molar-refractivity contribution >= 4 is 11.8 Å². The lowest BCUT2D eigenvalue weighted by Gasteiger charge is -2.40. The monoisotopic (exact) mass is 365 g/mol. The summed E-state index contributed by atoms with van der Waals surface area (Å²) >= 11 is 0. The lowest BCUT2D eigenvalue weighted by molar-refractivity contribution is -0.140. The van der Waals surface area contributed by atoms with Crippen LogP contribution in [0, 0.1) is 5.92 Å². The number of nitrogens with zero attached hydrogens (tertiary/aromatic N) is 3. The number of para-hydroxylation sites is 1. The Balaban J connectivity index is 1.35. The van der Waals surface area contributed by atoms with E-state index in [1.54, 1.807) is 24.4 Å². The van der Waals surface area contributed by atoms with Crippen LogP contribution in [0.1, 0.15) is 23.5 Å². The van der Waals surface area contributed by atoms with Crippen molar-refractivity contribution in [2.45, 2.75) is 18.9 Å². The first kappa shape index (κ1) is 17.5. The predicted octanol–water partition coefficient (Wildman–Crippen LogP) is 2.06. The highest BCUT2D eigenvalue weighted by Gasteiger charge is 2.40. The van der Waals surface area contributed by atoms with Gasteiger partial charge in [0.05, 0.1) is 13.0 Å². The van der Waals surface area contributed by atoms with Crippen LogP contribution in [-0.2, 0) is 16.1 Å². The summed E-state index contributed by atoms with van der Waals surface area (Å²) in [5, 5.41) is 0. The van der Waals surface area contributed by atoms with Crippen molar-refractivity contribution in [3.63, 3.8) is 0 Å². The van der Waals surface area contributed by atoms with Crippen LogP contribution in [0.3, 0.4) is 0 Å². The Hall–Kier alpha value is -2.89. The molecule has 2 amide bonds. The van der Waals surface area contributed by atoms with Crippen molar-refractivity contribution in [3.8, 4) is 5.75 Å². The van der Waals surface area contributed by atoms with Crippen LogP contribution >= 0.6 is 0 Å². The van der Waals surface area contributed by atoms with Crippen molar-refractivity contribution in [1.29, 1.82) is 0 Å². The molecule has 0 unspecified atom stereocenters. The average Bonchev–Trinajstić information content (AvgIpc) is 3.02. The maximum Gasteiger partial charge on any atom is 0.228 e. The normalized spacial score (nSPS) is 19.9. The standard InChI is InChI=1S/C21H23N3O3/c1-27-19-5-3-2-4-16(19)11-23-12-17(10-20(23)25)21(26)24-13-18(14-24)15-6-8-22-9-7-15/h2-9,17-18H,10-14H2,1H3/t17-/m1/s1. The highest BCUT2D eigenvalue weighted by atomic mass is 16.5. The quantitative estimate of drug-likeness (QED) is 0.814. The second kappa shape index (κ2) is 7.39. The van der Waals surface area contributed by atoms with Gasteiger partial charge in [0.15, 0.2) is 0 Å². The molecule has 4 rings (SSSR count). The molecule has 6 heteroatoms. The van der Waals surface area contributed by atoms with Crippen molar-refractivity contribution in [1.82, 2.24) is 14.8 Å². The third kappa shape index (κ3) is 3.52. The zero-order valence-corrected chi connectivity index (χ0v) is 15.4. The molecule has 2 aliphatic heterocycles. The summed E-state index contributed by atoms with van der Waals surface area (Å²) in [4.78, 5) is 32.9. The van der Waals surface area contributed by atoms with Crippen LogP contribution in [-0.4, -0.2) is 53.3 Å². The van der Waals surface area contributed by atoms with Crippen LogP contribution in [0.5, 0.6) is 5.75 Å². The Kier molecular flexibility index (Phi) is 4.79. The first-order valence-electron chi connectivity index (χ1n) is 9.24. The fraction of sp³-hybridized carbons (Fsp3) is 0.381. The third-order valence-electron chi connectivity index (χ3n) is 5.49. The van der Waals surface area contributed by atoms with Crippen molar-refractivity contribution in [2.75, 3.05) is 26.7 Å². The van der Waals surface area contributed by atoms with E-state index in [9.17, 15) is 9.59 Å². The van der Waals surface area contributed by atoms with E-state index in [0.29, 0.717) is 25.4 Å². The summed E-state index contributed by atoms with van der Waals surface area (Å²) in [5.74, 6) is 1.02. The highest BCUT2D eigenvalue weighted by Crippen LogP contribution is 2.31. The van der Waals surface area contributed by atoms with Crippen LogP contribution in [0.2, 0.25) is 0 Å². The third-order valence-corrected chi connectivity index (χ3v) is 5.49. The number of hydrogen-bond donors (Lipinski definition) is 0. The van der Waals surface area contributed by atoms with E-state index in [2.05, 4.69) is 4.98 Å². The molecular weight excluding hydrogens is 342 g/mol. The zero-order valence-electron chi connectivity index (χ0n) is 15.4. The molecule has 2 aliphatic rings. The molecule has 1 aromatic carbocycles. The summed E-state index contributed by atoms with van der Waals surface area (Å²) in [6, 6.07) is 11.7. The Morgan fingerprint density at radius 1 is 1.15 bits per heavy atom. The van der Waals surface area contributed by atoms with Gasteiger partial charge in [-0.2, -0.15) is 0 Å². The Labute approximate surface area is 158 Å². The zero-order chi connectivity index (χ0) is 18.8. The largest absolute Gasteiger partial charge is 0.496 e. The molecule has 0 spiro atoms. The number of pyridine rings is 1. The molecule has 2 aromatic rings. The van der Waals surface area contributed by atoms with Gasteiger partial charge in [0, 0.05) is 56.5 Å². The summed E-state index contributed by atoms with van der Waals surface area (Å²) in [7, 11) is 1.63. The van der Waals surface area contributed by atoms with Gasteiger partial charge >= 0.3 is 0 Å². The minimum atomic E-state index is -0.245. The van der Waals surface area contributed by atoms with Gasteiger partial charge in [0.1, 0.15) is 5.75 Å². The Bertz CT molecular complexity index is 834. The number of likely N-dealkylation sites (tertiary alicyclic amines) is 2. The smallest absolute Gasteiger partial charge is 0.228 e. The van der Waals surface area contributed by atoms with Gasteiger partial charge in [0.25, 0.3) is 0 Å². The molecule has 1 atom stereocenters. The minimum Gasteiger partial charge on any atom is -0.496 e. The van der Waals surface area contributed by atoms with Crippen molar-refractivity contribution in [2.24, 2.45) is 5.92 Å². The molecule has 0 radical (unpaired) electrons. The first-order valence-corrected chi connectivity index (χ1v) is 9.24. The van der Waals surface area contributed by atoms with Crippen molar-refractivity contribution < 1.29 is 14.3 Å². The van der Waals surface area contributed by atoms with E-state index < -0.39 is 0 Å². The first-order chi connectivity index (χ1) is 13.2. The lowest BCUT2D eigenvalue weighted by atomic mass is 9.90. The SMILES string of the molecule is COc1ccccc1CN1C[C@H](C(=O)N2CC(c3ccncc3)C2)CC1=O. The summed E-state index contributed by atoms with van der Waals surface area (Å²) < 4.78 is 5.37. The lowest BCUT2D eigenvalue weighted by Crippen LogP contribution is -2.51. The number of methoxy groups -OCH3 is 1. The summed E-state index contributed by atoms with van der Waals surface area (Å²) in [5.41, 5.74) is 2.18. The number of benzene rings is 1. The second-order valence-corrected chi connectivity index (χ2v) is 7.21. The highest BCUT2D eigenvalue weighted by molar-refractivity contribution is 5.89. The maximum atomic E-state index is 12.8. The number of amides is 2. The van der Waals surface area contributed by atoms with E-state index in [4.69, 9.17) is 4.74 Å². The van der Waals surface area contributed by atoms with E-state index in [1.807, 2.05) is 41.3 Å². The topological polar surface area (TPSA) is 62.7 Å². The molecule has 0 saturated carbocycles. The maximum absolute atomic E-state index is 12.8. The van der Waals surface area contributed by atoms with Gasteiger partial charge in [-0.3, -0.25) is 14.6 Å². The Morgan fingerprint density at radius 2 is 1.89 bits per heavy atom. The molecule has 3 heterocycles. The van der Waals surface area contributed by atoms with E-state index >= 15 is 0 Å². The van der Waals surface area contributed by atoms with E-state index in [0.717, 1.165) is 24.4 Å². The van der Waals surface area contributed by atoms with Crippen LogP contribution < -0.4 is 4.74 Å². The number of carbonyl (C=O) groups is 2. The number of aromatic nitrogens is 1. The molecule has 2 fully saturated rings. The number of rotatable bonds is 5. The molecule has 6 nitrogen and oxygen atoms in total. The van der Waals surface area contributed by atoms with E-state index in [-0.39, 0.29) is 17.7 Å². The average molecular weight is 365 g/mol. The van der Waals surface area contributed by atoms with Gasteiger partial charge in [-0.25, -0.2) is 0 Å². The van der Waals surface area contributed by atoms with Crippen LogP contribution in [0.15, 0.2) is 48.8 Å². The van der Waals surface area contributed by atoms with Crippen molar-refractivity contribution in [3.05, 3.63) is 59.9 Å². The molecule has 0 N–H and O–H groups in total. The molecule has 2 saturated heterocycles.